The smallest absolute Gasteiger partial charge is 0.244 e. The van der Waals surface area contributed by atoms with Crippen molar-refractivity contribution in [3.8, 4) is 5.75 Å². The Bertz CT molecular complexity index is 613. The van der Waals surface area contributed by atoms with Gasteiger partial charge in [-0.05, 0) is 0 Å². The van der Waals surface area contributed by atoms with Gasteiger partial charge in [-0.25, -0.2) is 8.42 Å². The van der Waals surface area contributed by atoms with Crippen molar-refractivity contribution in [2.75, 3.05) is 40.0 Å². The number of pyridine rings is 1. The Morgan fingerprint density at radius 2 is 2.24 bits per heavy atom. The number of hydrogen-bond acceptors (Lipinski definition) is 6. The van der Waals surface area contributed by atoms with E-state index >= 15 is 0 Å². The lowest BCUT2D eigenvalue weighted by atomic mass is 10.0. The summed E-state index contributed by atoms with van der Waals surface area (Å²) in [4.78, 5) is 4.06. The fourth-order valence-electron chi connectivity index (χ4n) is 2.64. The largest absolute Gasteiger partial charge is 0.495 e. The van der Waals surface area contributed by atoms with Crippen LogP contribution in [-0.2, 0) is 19.5 Å². The van der Waals surface area contributed by atoms with Crippen LogP contribution in [0.2, 0.25) is 0 Å². The predicted molar refractivity (Wildman–Crippen MR) is 73.7 cm³/mol. The van der Waals surface area contributed by atoms with Crippen molar-refractivity contribution in [2.45, 2.75) is 16.9 Å². The molecule has 0 saturated carbocycles. The molecule has 1 spiro atoms. The van der Waals surface area contributed by atoms with Gasteiger partial charge in [0.25, 0.3) is 0 Å². The first-order chi connectivity index (χ1) is 10.1. The van der Waals surface area contributed by atoms with Crippen molar-refractivity contribution in [3.63, 3.8) is 0 Å². The number of aromatic nitrogens is 1. The molecule has 0 bridgehead atoms. The van der Waals surface area contributed by atoms with Crippen molar-refractivity contribution >= 4 is 10.0 Å². The standard InChI is InChI=1S/C13H18N2O5S/c1-18-11-6-12(8-14-7-11)21(16,17)15-3-5-20-13(9-15)2-4-19-10-13/h6-8H,2-5,9-10H2,1H3. The summed E-state index contributed by atoms with van der Waals surface area (Å²) < 4.78 is 43.1. The molecule has 0 radical (unpaired) electrons. The molecule has 0 aliphatic carbocycles. The summed E-state index contributed by atoms with van der Waals surface area (Å²) in [5, 5.41) is 0. The molecular formula is C13H18N2O5S. The van der Waals surface area contributed by atoms with Gasteiger partial charge >= 0.3 is 0 Å². The molecular weight excluding hydrogens is 296 g/mol. The van der Waals surface area contributed by atoms with Gasteiger partial charge in [0.2, 0.25) is 10.0 Å². The summed E-state index contributed by atoms with van der Waals surface area (Å²) in [5.74, 6) is 0.420. The van der Waals surface area contributed by atoms with Crippen molar-refractivity contribution in [1.29, 1.82) is 0 Å². The molecule has 7 nitrogen and oxygen atoms in total. The first kappa shape index (κ1) is 14.7. The molecule has 2 aliphatic rings. The Morgan fingerprint density at radius 1 is 1.38 bits per heavy atom. The van der Waals surface area contributed by atoms with E-state index < -0.39 is 15.6 Å². The van der Waals surface area contributed by atoms with E-state index in [2.05, 4.69) is 4.98 Å². The van der Waals surface area contributed by atoms with Crippen LogP contribution in [0.1, 0.15) is 6.42 Å². The lowest BCUT2D eigenvalue weighted by molar-refractivity contribution is -0.0897. The second-order valence-corrected chi connectivity index (χ2v) is 7.17. The minimum atomic E-state index is -3.60. The molecule has 0 N–H and O–H groups in total. The van der Waals surface area contributed by atoms with Gasteiger partial charge < -0.3 is 14.2 Å². The van der Waals surface area contributed by atoms with Crippen LogP contribution in [0.5, 0.6) is 5.75 Å². The van der Waals surface area contributed by atoms with Crippen LogP contribution in [0.3, 0.4) is 0 Å². The summed E-state index contributed by atoms with van der Waals surface area (Å²) in [7, 11) is -2.12. The normalized spacial score (nSPS) is 27.1. The first-order valence-electron chi connectivity index (χ1n) is 6.77. The Labute approximate surface area is 123 Å². The minimum absolute atomic E-state index is 0.137. The third-order valence-electron chi connectivity index (χ3n) is 3.84. The van der Waals surface area contributed by atoms with Gasteiger partial charge in [-0.1, -0.05) is 0 Å². The van der Waals surface area contributed by atoms with Gasteiger partial charge in [-0.2, -0.15) is 4.31 Å². The quantitative estimate of drug-likeness (QED) is 0.797. The fourth-order valence-corrected chi connectivity index (χ4v) is 4.12. The second kappa shape index (κ2) is 5.53. The molecule has 2 aliphatic heterocycles. The zero-order chi connectivity index (χ0) is 14.9. The van der Waals surface area contributed by atoms with Crippen LogP contribution < -0.4 is 4.74 Å². The lowest BCUT2D eigenvalue weighted by Gasteiger charge is -2.38. The number of ether oxygens (including phenoxy) is 3. The van der Waals surface area contributed by atoms with E-state index in [9.17, 15) is 8.42 Å². The van der Waals surface area contributed by atoms with Crippen molar-refractivity contribution in [1.82, 2.24) is 9.29 Å². The Balaban J connectivity index is 1.87. The third-order valence-corrected chi connectivity index (χ3v) is 5.65. The van der Waals surface area contributed by atoms with E-state index in [1.165, 1.54) is 29.9 Å². The zero-order valence-corrected chi connectivity index (χ0v) is 12.6. The van der Waals surface area contributed by atoms with Crippen LogP contribution in [0.15, 0.2) is 23.4 Å². The minimum Gasteiger partial charge on any atom is -0.495 e. The van der Waals surface area contributed by atoms with Gasteiger partial charge in [0, 0.05) is 38.4 Å². The highest BCUT2D eigenvalue weighted by molar-refractivity contribution is 7.89. The van der Waals surface area contributed by atoms with E-state index in [0.717, 1.165) is 6.42 Å². The number of morpholine rings is 1. The fraction of sp³-hybridized carbons (Fsp3) is 0.615. The SMILES string of the molecule is COc1cncc(S(=O)(=O)N2CCOC3(CCOC3)C2)c1. The highest BCUT2D eigenvalue weighted by Crippen LogP contribution is 2.30. The first-order valence-corrected chi connectivity index (χ1v) is 8.21. The summed E-state index contributed by atoms with van der Waals surface area (Å²) >= 11 is 0. The maximum absolute atomic E-state index is 12.7. The molecule has 1 aromatic heterocycles. The number of nitrogens with zero attached hydrogens (tertiary/aromatic N) is 2. The van der Waals surface area contributed by atoms with Crippen LogP contribution in [0.25, 0.3) is 0 Å². The summed E-state index contributed by atoms with van der Waals surface area (Å²) in [6, 6.07) is 1.48. The second-order valence-electron chi connectivity index (χ2n) is 5.23. The van der Waals surface area contributed by atoms with Crippen LogP contribution in [0, 0.1) is 0 Å². The van der Waals surface area contributed by atoms with Crippen LogP contribution >= 0.6 is 0 Å². The highest BCUT2D eigenvalue weighted by atomic mass is 32.2. The Kier molecular flexibility index (Phi) is 3.87. The number of hydrogen-bond donors (Lipinski definition) is 0. The molecule has 3 rings (SSSR count). The molecule has 1 aromatic rings. The molecule has 0 amide bonds. The zero-order valence-electron chi connectivity index (χ0n) is 11.8. The van der Waals surface area contributed by atoms with E-state index in [-0.39, 0.29) is 4.90 Å². The van der Waals surface area contributed by atoms with E-state index in [4.69, 9.17) is 14.2 Å². The van der Waals surface area contributed by atoms with E-state index in [0.29, 0.717) is 38.7 Å². The van der Waals surface area contributed by atoms with Gasteiger partial charge in [0.05, 0.1) is 26.5 Å². The maximum Gasteiger partial charge on any atom is 0.244 e. The van der Waals surface area contributed by atoms with Crippen LogP contribution in [0.4, 0.5) is 0 Å². The Hall–Kier alpha value is -1.22. The highest BCUT2D eigenvalue weighted by Gasteiger charge is 2.44. The van der Waals surface area contributed by atoms with Gasteiger partial charge in [-0.15, -0.1) is 0 Å². The molecule has 0 aromatic carbocycles. The number of sulfonamides is 1. The Morgan fingerprint density at radius 3 is 2.95 bits per heavy atom. The lowest BCUT2D eigenvalue weighted by Crippen LogP contribution is -2.54. The van der Waals surface area contributed by atoms with E-state index in [1.54, 1.807) is 0 Å². The molecule has 1 atom stereocenters. The molecule has 3 heterocycles. The van der Waals surface area contributed by atoms with Gasteiger partial charge in [0.1, 0.15) is 16.2 Å². The number of methoxy groups -OCH3 is 1. The molecule has 2 saturated heterocycles. The molecule has 8 heteroatoms. The van der Waals surface area contributed by atoms with Crippen LogP contribution in [-0.4, -0.2) is 63.3 Å². The predicted octanol–water partition coefficient (Wildman–Crippen LogP) is 0.270. The van der Waals surface area contributed by atoms with Crippen molar-refractivity contribution in [2.24, 2.45) is 0 Å². The summed E-state index contributed by atoms with van der Waals surface area (Å²) in [6.45, 7) is 2.07. The average molecular weight is 314 g/mol. The molecule has 21 heavy (non-hydrogen) atoms. The van der Waals surface area contributed by atoms with Crippen molar-refractivity contribution in [3.05, 3.63) is 18.5 Å². The van der Waals surface area contributed by atoms with E-state index in [1.807, 2.05) is 0 Å². The summed E-state index contributed by atoms with van der Waals surface area (Å²) in [5.41, 5.74) is -0.502. The molecule has 2 fully saturated rings. The topological polar surface area (TPSA) is 78.0 Å². The third kappa shape index (κ3) is 2.76. The number of rotatable bonds is 3. The van der Waals surface area contributed by atoms with Crippen molar-refractivity contribution < 1.29 is 22.6 Å². The van der Waals surface area contributed by atoms with Gasteiger partial charge in [0.15, 0.2) is 0 Å². The molecule has 1 unspecified atom stereocenters. The average Bonchev–Trinajstić information content (AvgIpc) is 2.95. The monoisotopic (exact) mass is 314 g/mol. The maximum atomic E-state index is 12.7. The van der Waals surface area contributed by atoms with Gasteiger partial charge in [-0.3, -0.25) is 4.98 Å². The molecule has 116 valence electrons. The summed E-state index contributed by atoms with van der Waals surface area (Å²) in [6.07, 6.45) is 3.53.